The first-order valence-corrected chi connectivity index (χ1v) is 6.05. The molecule has 0 atom stereocenters. The van der Waals surface area contributed by atoms with E-state index in [4.69, 9.17) is 10.5 Å². The van der Waals surface area contributed by atoms with E-state index < -0.39 is 5.24 Å². The van der Waals surface area contributed by atoms with Crippen LogP contribution in [0.5, 0.6) is 0 Å². The number of primary amides is 1. The van der Waals surface area contributed by atoms with Gasteiger partial charge in [-0.05, 0) is 12.5 Å². The minimum absolute atomic E-state index is 0. The van der Waals surface area contributed by atoms with E-state index in [0.29, 0.717) is 26.2 Å². The SMILES string of the molecule is C=C(C)COC(=O)N1CCN(SC(N)=O)CC1.I. The Morgan fingerprint density at radius 1 is 1.33 bits per heavy atom. The first kappa shape index (κ1) is 17.5. The van der Waals surface area contributed by atoms with Crippen LogP contribution in [0.4, 0.5) is 9.59 Å². The van der Waals surface area contributed by atoms with Gasteiger partial charge >= 0.3 is 6.09 Å². The van der Waals surface area contributed by atoms with Gasteiger partial charge < -0.3 is 15.4 Å². The minimum atomic E-state index is -0.427. The summed E-state index contributed by atoms with van der Waals surface area (Å²) >= 11 is 0.987. The largest absolute Gasteiger partial charge is 0.445 e. The predicted octanol–water partition coefficient (Wildman–Crippen LogP) is 1.66. The van der Waals surface area contributed by atoms with Crippen molar-refractivity contribution in [2.75, 3.05) is 32.8 Å². The molecule has 8 heteroatoms. The third-order valence-electron chi connectivity index (χ3n) is 2.16. The van der Waals surface area contributed by atoms with Gasteiger partial charge in [0.2, 0.25) is 0 Å². The Hall–Kier alpha value is -0.480. The lowest BCUT2D eigenvalue weighted by molar-refractivity contribution is 0.0976. The highest BCUT2D eigenvalue weighted by atomic mass is 127. The zero-order chi connectivity index (χ0) is 12.8. The Kier molecular flexibility index (Phi) is 8.36. The van der Waals surface area contributed by atoms with E-state index in [1.807, 2.05) is 4.31 Å². The smallest absolute Gasteiger partial charge is 0.410 e. The van der Waals surface area contributed by atoms with Crippen LogP contribution in [0.15, 0.2) is 12.2 Å². The standard InChI is InChI=1S/C10H17N3O3S.HI/c1-8(2)7-16-10(15)12-3-5-13(6-4-12)17-9(11)14;/h1,3-7H2,2H3,(H2,11,14);1H. The van der Waals surface area contributed by atoms with Crippen molar-refractivity contribution in [3.63, 3.8) is 0 Å². The van der Waals surface area contributed by atoms with Crippen LogP contribution in [-0.4, -0.2) is 53.3 Å². The molecule has 1 saturated heterocycles. The van der Waals surface area contributed by atoms with Crippen LogP contribution < -0.4 is 5.73 Å². The molecule has 0 aromatic carbocycles. The van der Waals surface area contributed by atoms with Crippen LogP contribution in [0.2, 0.25) is 0 Å². The summed E-state index contributed by atoms with van der Waals surface area (Å²) in [6, 6.07) is 0. The fourth-order valence-electron chi connectivity index (χ4n) is 1.37. The zero-order valence-corrected chi connectivity index (χ0v) is 13.4. The van der Waals surface area contributed by atoms with Crippen molar-refractivity contribution in [1.29, 1.82) is 0 Å². The lowest BCUT2D eigenvalue weighted by atomic mass is 10.4. The molecular formula is C10H18IN3O3S. The Morgan fingerprint density at radius 2 is 1.89 bits per heavy atom. The summed E-state index contributed by atoms with van der Waals surface area (Å²) in [6.07, 6.45) is -0.336. The summed E-state index contributed by atoms with van der Waals surface area (Å²) < 4.78 is 6.87. The summed E-state index contributed by atoms with van der Waals surface area (Å²) in [7, 11) is 0. The summed E-state index contributed by atoms with van der Waals surface area (Å²) in [6.45, 7) is 7.99. The van der Waals surface area contributed by atoms with E-state index >= 15 is 0 Å². The molecule has 18 heavy (non-hydrogen) atoms. The van der Waals surface area contributed by atoms with Gasteiger partial charge in [-0.1, -0.05) is 6.58 Å². The van der Waals surface area contributed by atoms with Gasteiger partial charge in [-0.3, -0.25) is 4.79 Å². The average Bonchev–Trinajstić information content (AvgIpc) is 2.26. The number of piperazine rings is 1. The number of carbonyl (C=O) groups excluding carboxylic acids is 2. The number of hydrogen-bond acceptors (Lipinski definition) is 5. The second kappa shape index (κ2) is 8.59. The number of nitrogens with zero attached hydrogens (tertiary/aromatic N) is 2. The van der Waals surface area contributed by atoms with Crippen molar-refractivity contribution < 1.29 is 14.3 Å². The number of amides is 2. The molecule has 1 rings (SSSR count). The van der Waals surface area contributed by atoms with Crippen LogP contribution in [-0.2, 0) is 4.74 Å². The van der Waals surface area contributed by atoms with E-state index in [1.165, 1.54) is 0 Å². The minimum Gasteiger partial charge on any atom is -0.445 e. The van der Waals surface area contributed by atoms with Crippen LogP contribution in [0.1, 0.15) is 6.92 Å². The molecule has 1 aliphatic rings. The van der Waals surface area contributed by atoms with Gasteiger partial charge in [-0.2, -0.15) is 0 Å². The van der Waals surface area contributed by atoms with Crippen molar-refractivity contribution in [3.05, 3.63) is 12.2 Å². The molecule has 104 valence electrons. The number of ether oxygens (including phenoxy) is 1. The molecule has 1 heterocycles. The number of carbonyl (C=O) groups is 2. The summed E-state index contributed by atoms with van der Waals surface area (Å²) in [5.41, 5.74) is 5.87. The predicted molar refractivity (Wildman–Crippen MR) is 81.9 cm³/mol. The third-order valence-corrected chi connectivity index (χ3v) is 2.96. The monoisotopic (exact) mass is 387 g/mol. The van der Waals surface area contributed by atoms with E-state index in [1.54, 1.807) is 11.8 Å². The summed E-state index contributed by atoms with van der Waals surface area (Å²) in [5, 5.41) is -0.427. The lowest BCUT2D eigenvalue weighted by Crippen LogP contribution is -2.47. The summed E-state index contributed by atoms with van der Waals surface area (Å²) in [4.78, 5) is 23.9. The first-order chi connectivity index (χ1) is 7.99. The Morgan fingerprint density at radius 3 is 2.33 bits per heavy atom. The Labute approximate surface area is 128 Å². The number of rotatable bonds is 3. The molecular weight excluding hydrogens is 369 g/mol. The second-order valence-corrected chi connectivity index (χ2v) is 4.94. The zero-order valence-electron chi connectivity index (χ0n) is 10.3. The van der Waals surface area contributed by atoms with E-state index in [-0.39, 0.29) is 36.7 Å². The Bertz CT molecular complexity index is 319. The molecule has 0 radical (unpaired) electrons. The summed E-state index contributed by atoms with van der Waals surface area (Å²) in [5.74, 6) is 0. The van der Waals surface area contributed by atoms with Crippen molar-refractivity contribution in [2.24, 2.45) is 5.73 Å². The lowest BCUT2D eigenvalue weighted by Gasteiger charge is -2.32. The molecule has 2 amide bonds. The van der Waals surface area contributed by atoms with Crippen LogP contribution in [0, 0.1) is 0 Å². The molecule has 2 N–H and O–H groups in total. The van der Waals surface area contributed by atoms with Crippen LogP contribution >= 0.6 is 35.9 Å². The van der Waals surface area contributed by atoms with E-state index in [0.717, 1.165) is 17.5 Å². The maximum absolute atomic E-state index is 11.6. The topological polar surface area (TPSA) is 75.9 Å². The number of hydrogen-bond donors (Lipinski definition) is 1. The molecule has 0 saturated carbocycles. The molecule has 0 bridgehead atoms. The van der Waals surface area contributed by atoms with Crippen molar-refractivity contribution in [1.82, 2.24) is 9.21 Å². The quantitative estimate of drug-likeness (QED) is 0.453. The van der Waals surface area contributed by atoms with Crippen molar-refractivity contribution in [2.45, 2.75) is 6.92 Å². The molecule has 1 aliphatic heterocycles. The van der Waals surface area contributed by atoms with Gasteiger partial charge in [-0.25, -0.2) is 9.10 Å². The highest BCUT2D eigenvalue weighted by Gasteiger charge is 2.23. The average molecular weight is 387 g/mol. The molecule has 0 spiro atoms. The highest BCUT2D eigenvalue weighted by molar-refractivity contribution is 14.0. The second-order valence-electron chi connectivity index (χ2n) is 3.84. The van der Waals surface area contributed by atoms with Crippen molar-refractivity contribution in [3.8, 4) is 0 Å². The maximum Gasteiger partial charge on any atom is 0.410 e. The number of nitrogens with two attached hydrogens (primary N) is 1. The fourth-order valence-corrected chi connectivity index (χ4v) is 1.97. The molecule has 0 aliphatic carbocycles. The van der Waals surface area contributed by atoms with Gasteiger partial charge in [0.25, 0.3) is 5.24 Å². The van der Waals surface area contributed by atoms with E-state index in [9.17, 15) is 9.59 Å². The van der Waals surface area contributed by atoms with Crippen LogP contribution in [0.3, 0.4) is 0 Å². The highest BCUT2D eigenvalue weighted by Crippen LogP contribution is 2.13. The van der Waals surface area contributed by atoms with Gasteiger partial charge in [0.1, 0.15) is 6.61 Å². The first-order valence-electron chi connectivity index (χ1n) is 5.27. The van der Waals surface area contributed by atoms with Crippen molar-refractivity contribution >= 4 is 47.3 Å². The molecule has 1 fully saturated rings. The third kappa shape index (κ3) is 6.45. The van der Waals surface area contributed by atoms with Gasteiger partial charge in [-0.15, -0.1) is 24.0 Å². The maximum atomic E-state index is 11.6. The molecule has 0 unspecified atom stereocenters. The molecule has 0 aromatic rings. The number of halogens is 1. The fraction of sp³-hybridized carbons (Fsp3) is 0.600. The Balaban J connectivity index is 0.00000289. The van der Waals surface area contributed by atoms with Gasteiger partial charge in [0.15, 0.2) is 0 Å². The normalized spacial score (nSPS) is 15.7. The van der Waals surface area contributed by atoms with Gasteiger partial charge in [0.05, 0.1) is 0 Å². The van der Waals surface area contributed by atoms with Gasteiger partial charge in [0, 0.05) is 38.1 Å². The van der Waals surface area contributed by atoms with E-state index in [2.05, 4.69) is 6.58 Å². The molecule has 6 nitrogen and oxygen atoms in total. The molecule has 0 aromatic heterocycles. The van der Waals surface area contributed by atoms with Crippen LogP contribution in [0.25, 0.3) is 0 Å².